The molecule has 1 N–H and O–H groups in total. The van der Waals surface area contributed by atoms with Crippen LogP contribution in [0.15, 0.2) is 18.2 Å². The summed E-state index contributed by atoms with van der Waals surface area (Å²) >= 11 is 0. The highest BCUT2D eigenvalue weighted by Gasteiger charge is 2.32. The molecule has 0 aliphatic carbocycles. The maximum atomic E-state index is 11.1. The fraction of sp³-hybridized carbons (Fsp3) is 0.647. The third kappa shape index (κ3) is 3.16. The van der Waals surface area contributed by atoms with E-state index < -0.39 is 5.60 Å². The Morgan fingerprint density at radius 2 is 1.95 bits per heavy atom. The molecule has 1 aromatic rings. The van der Waals surface area contributed by atoms with E-state index in [1.165, 1.54) is 6.42 Å². The lowest BCUT2D eigenvalue weighted by Gasteiger charge is -2.29. The summed E-state index contributed by atoms with van der Waals surface area (Å²) in [6, 6.07) is 5.88. The van der Waals surface area contributed by atoms with Gasteiger partial charge >= 0.3 is 0 Å². The number of rotatable bonds is 3. The summed E-state index contributed by atoms with van der Waals surface area (Å²) in [6.45, 7) is 6.55. The molecule has 21 heavy (non-hydrogen) atoms. The van der Waals surface area contributed by atoms with Crippen molar-refractivity contribution in [3.05, 3.63) is 23.8 Å². The first-order chi connectivity index (χ1) is 10.2. The van der Waals surface area contributed by atoms with Gasteiger partial charge in [-0.1, -0.05) is 13.0 Å². The van der Waals surface area contributed by atoms with Crippen LogP contribution in [0.1, 0.15) is 38.2 Å². The minimum atomic E-state index is -0.738. The van der Waals surface area contributed by atoms with Crippen LogP contribution in [0.5, 0.6) is 11.5 Å². The van der Waals surface area contributed by atoms with Crippen LogP contribution in [0, 0.1) is 0 Å². The van der Waals surface area contributed by atoms with Gasteiger partial charge in [0, 0.05) is 6.54 Å². The molecule has 2 heterocycles. The molecule has 2 aliphatic rings. The Bertz CT molecular complexity index is 491. The molecule has 1 fully saturated rings. The fourth-order valence-corrected chi connectivity index (χ4v) is 3.34. The Kier molecular flexibility index (Phi) is 4.36. The quantitative estimate of drug-likeness (QED) is 0.929. The largest absolute Gasteiger partial charge is 0.486 e. The second-order valence-corrected chi connectivity index (χ2v) is 6.09. The third-order valence-electron chi connectivity index (χ3n) is 4.53. The lowest BCUT2D eigenvalue weighted by Crippen LogP contribution is -2.30. The van der Waals surface area contributed by atoms with Gasteiger partial charge in [0.15, 0.2) is 11.5 Å². The zero-order valence-corrected chi connectivity index (χ0v) is 12.8. The molecule has 4 nitrogen and oxygen atoms in total. The first-order valence-corrected chi connectivity index (χ1v) is 8.06. The Morgan fingerprint density at radius 1 is 1.14 bits per heavy atom. The Hall–Kier alpha value is -1.26. The molecule has 1 atom stereocenters. The second-order valence-electron chi connectivity index (χ2n) is 6.09. The van der Waals surface area contributed by atoms with Crippen LogP contribution in [0.2, 0.25) is 0 Å². The van der Waals surface area contributed by atoms with Crippen LogP contribution in [-0.4, -0.2) is 42.9 Å². The van der Waals surface area contributed by atoms with Crippen LogP contribution >= 0.6 is 0 Å². The van der Waals surface area contributed by atoms with E-state index in [-0.39, 0.29) is 0 Å². The van der Waals surface area contributed by atoms with Gasteiger partial charge in [-0.15, -0.1) is 0 Å². The highest BCUT2D eigenvalue weighted by Crippen LogP contribution is 2.38. The van der Waals surface area contributed by atoms with Crippen LogP contribution in [0.25, 0.3) is 0 Å². The summed E-state index contributed by atoms with van der Waals surface area (Å²) in [5, 5.41) is 11.1. The van der Waals surface area contributed by atoms with Crippen molar-refractivity contribution in [2.75, 3.05) is 32.8 Å². The summed E-state index contributed by atoms with van der Waals surface area (Å²) in [7, 11) is 0. The Balaban J connectivity index is 1.78. The lowest BCUT2D eigenvalue weighted by molar-refractivity contribution is 0.0207. The topological polar surface area (TPSA) is 41.9 Å². The maximum Gasteiger partial charge on any atom is 0.161 e. The van der Waals surface area contributed by atoms with Crippen molar-refractivity contribution >= 4 is 0 Å². The molecule has 0 aromatic heterocycles. The SMILES string of the molecule is CCCN1CCCC(O)(c2ccc3c(c2)OCCO3)CC1. The summed E-state index contributed by atoms with van der Waals surface area (Å²) in [4.78, 5) is 2.45. The molecule has 4 heteroatoms. The molecule has 0 radical (unpaired) electrons. The highest BCUT2D eigenvalue weighted by molar-refractivity contribution is 5.45. The normalized spacial score (nSPS) is 26.4. The number of hydrogen-bond donors (Lipinski definition) is 1. The van der Waals surface area contributed by atoms with Crippen LogP contribution in [0.3, 0.4) is 0 Å². The number of hydrogen-bond acceptors (Lipinski definition) is 4. The lowest BCUT2D eigenvalue weighted by atomic mass is 9.86. The molecule has 0 amide bonds. The van der Waals surface area contributed by atoms with Crippen LogP contribution < -0.4 is 9.47 Å². The molecule has 116 valence electrons. The first-order valence-electron chi connectivity index (χ1n) is 8.06. The summed E-state index contributed by atoms with van der Waals surface area (Å²) in [5.74, 6) is 1.55. The van der Waals surface area contributed by atoms with E-state index >= 15 is 0 Å². The van der Waals surface area contributed by atoms with Gasteiger partial charge < -0.3 is 19.5 Å². The van der Waals surface area contributed by atoms with Gasteiger partial charge in [0.25, 0.3) is 0 Å². The number of benzene rings is 1. The number of ether oxygens (including phenoxy) is 2. The van der Waals surface area contributed by atoms with E-state index in [1.54, 1.807) is 0 Å². The second kappa shape index (κ2) is 6.24. The number of nitrogens with zero attached hydrogens (tertiary/aromatic N) is 1. The van der Waals surface area contributed by atoms with E-state index in [2.05, 4.69) is 11.8 Å². The van der Waals surface area contributed by atoms with Gasteiger partial charge in [-0.3, -0.25) is 0 Å². The average Bonchev–Trinajstić information content (AvgIpc) is 2.70. The molecular formula is C17H25NO3. The summed E-state index contributed by atoms with van der Waals surface area (Å²) < 4.78 is 11.2. The minimum Gasteiger partial charge on any atom is -0.486 e. The van der Waals surface area contributed by atoms with Crippen molar-refractivity contribution in [3.8, 4) is 11.5 Å². The molecule has 2 aliphatic heterocycles. The van der Waals surface area contributed by atoms with Gasteiger partial charge in [-0.25, -0.2) is 0 Å². The monoisotopic (exact) mass is 291 g/mol. The molecule has 0 spiro atoms. The van der Waals surface area contributed by atoms with E-state index in [0.717, 1.165) is 56.0 Å². The number of likely N-dealkylation sites (tertiary alicyclic amines) is 1. The molecular weight excluding hydrogens is 266 g/mol. The minimum absolute atomic E-state index is 0.582. The number of fused-ring (bicyclic) bond motifs is 1. The fourth-order valence-electron chi connectivity index (χ4n) is 3.34. The van der Waals surface area contributed by atoms with Crippen molar-refractivity contribution in [3.63, 3.8) is 0 Å². The molecule has 1 aromatic carbocycles. The van der Waals surface area contributed by atoms with Crippen molar-refractivity contribution in [1.29, 1.82) is 0 Å². The zero-order valence-electron chi connectivity index (χ0n) is 12.8. The van der Waals surface area contributed by atoms with Gasteiger partial charge in [-0.2, -0.15) is 0 Å². The predicted molar refractivity (Wildman–Crippen MR) is 81.9 cm³/mol. The standard InChI is InChI=1S/C17H25NO3/c1-2-8-18-9-3-6-17(19,7-10-18)14-4-5-15-16(13-14)21-12-11-20-15/h4-5,13,19H,2-3,6-12H2,1H3. The first kappa shape index (κ1) is 14.7. The van der Waals surface area contributed by atoms with Crippen molar-refractivity contribution in [2.24, 2.45) is 0 Å². The van der Waals surface area contributed by atoms with Gasteiger partial charge in [0.05, 0.1) is 5.60 Å². The van der Waals surface area contributed by atoms with Crippen LogP contribution in [0.4, 0.5) is 0 Å². The van der Waals surface area contributed by atoms with E-state index in [4.69, 9.17) is 9.47 Å². The van der Waals surface area contributed by atoms with Crippen LogP contribution in [-0.2, 0) is 5.60 Å². The molecule has 1 saturated heterocycles. The summed E-state index contributed by atoms with van der Waals surface area (Å²) in [6.07, 6.45) is 3.80. The average molecular weight is 291 g/mol. The maximum absolute atomic E-state index is 11.1. The predicted octanol–water partition coefficient (Wildman–Crippen LogP) is 2.54. The van der Waals surface area contributed by atoms with E-state index in [1.807, 2.05) is 18.2 Å². The molecule has 1 unspecified atom stereocenters. The Labute approximate surface area is 126 Å². The highest BCUT2D eigenvalue weighted by atomic mass is 16.6. The third-order valence-corrected chi connectivity index (χ3v) is 4.53. The van der Waals surface area contributed by atoms with Gasteiger partial charge in [-0.05, 0) is 56.5 Å². The molecule has 3 rings (SSSR count). The van der Waals surface area contributed by atoms with Crippen molar-refractivity contribution in [2.45, 2.75) is 38.2 Å². The summed E-state index contributed by atoms with van der Waals surface area (Å²) in [5.41, 5.74) is 0.225. The van der Waals surface area contributed by atoms with E-state index in [0.29, 0.717) is 13.2 Å². The van der Waals surface area contributed by atoms with E-state index in [9.17, 15) is 5.11 Å². The zero-order chi connectivity index (χ0) is 14.7. The molecule has 0 bridgehead atoms. The molecule has 0 saturated carbocycles. The van der Waals surface area contributed by atoms with Crippen molar-refractivity contribution < 1.29 is 14.6 Å². The van der Waals surface area contributed by atoms with Gasteiger partial charge in [0.2, 0.25) is 0 Å². The van der Waals surface area contributed by atoms with Crippen molar-refractivity contribution in [1.82, 2.24) is 4.90 Å². The Morgan fingerprint density at radius 3 is 2.76 bits per heavy atom. The number of aliphatic hydroxyl groups is 1. The smallest absolute Gasteiger partial charge is 0.161 e. The van der Waals surface area contributed by atoms with Gasteiger partial charge in [0.1, 0.15) is 13.2 Å².